The van der Waals surface area contributed by atoms with Crippen LogP contribution in [-0.2, 0) is 14.8 Å². The average Bonchev–Trinajstić information content (AvgIpc) is 2.67. The van der Waals surface area contributed by atoms with Crippen LogP contribution in [0.1, 0.15) is 10.4 Å². The van der Waals surface area contributed by atoms with Crippen LogP contribution in [0.25, 0.3) is 0 Å². The molecule has 2 aromatic carbocycles. The number of carbonyl (C=O) groups is 1. The lowest BCUT2D eigenvalue weighted by Crippen LogP contribution is -2.48. The van der Waals surface area contributed by atoms with E-state index in [2.05, 4.69) is 9.64 Å². The van der Waals surface area contributed by atoms with E-state index in [1.807, 2.05) is 12.1 Å². The van der Waals surface area contributed by atoms with Crippen LogP contribution >= 0.6 is 23.2 Å². The first-order valence-electron chi connectivity index (χ1n) is 8.22. The van der Waals surface area contributed by atoms with Crippen molar-refractivity contribution in [1.29, 1.82) is 0 Å². The van der Waals surface area contributed by atoms with Gasteiger partial charge >= 0.3 is 5.97 Å². The third-order valence-corrected chi connectivity index (χ3v) is 7.26. The molecule has 0 radical (unpaired) electrons. The lowest BCUT2D eigenvalue weighted by Gasteiger charge is -2.35. The monoisotopic (exact) mass is 428 g/mol. The predicted molar refractivity (Wildman–Crippen MR) is 105 cm³/mol. The molecule has 27 heavy (non-hydrogen) atoms. The summed E-state index contributed by atoms with van der Waals surface area (Å²) < 4.78 is 31.9. The fraction of sp³-hybridized carbons (Fsp3) is 0.278. The molecular weight excluding hydrogens is 411 g/mol. The van der Waals surface area contributed by atoms with Crippen molar-refractivity contribution in [2.45, 2.75) is 4.90 Å². The topological polar surface area (TPSA) is 66.9 Å². The molecule has 0 N–H and O–H groups in total. The Labute approximate surface area is 168 Å². The highest BCUT2D eigenvalue weighted by Crippen LogP contribution is 2.32. The normalized spacial score (nSPS) is 15.6. The molecule has 1 saturated heterocycles. The van der Waals surface area contributed by atoms with Crippen molar-refractivity contribution in [2.75, 3.05) is 38.2 Å². The summed E-state index contributed by atoms with van der Waals surface area (Å²) in [6.07, 6.45) is 0. The fourth-order valence-corrected chi connectivity index (χ4v) is 5.48. The highest BCUT2D eigenvalue weighted by atomic mass is 35.5. The van der Waals surface area contributed by atoms with Crippen LogP contribution < -0.4 is 4.90 Å². The molecule has 1 aliphatic heterocycles. The summed E-state index contributed by atoms with van der Waals surface area (Å²) in [6, 6.07) is 11.7. The first-order chi connectivity index (χ1) is 12.8. The first kappa shape index (κ1) is 19.9. The van der Waals surface area contributed by atoms with Gasteiger partial charge in [0.1, 0.15) is 4.90 Å². The van der Waals surface area contributed by atoms with Crippen LogP contribution in [0.5, 0.6) is 0 Å². The number of carbonyl (C=O) groups excluding carboxylic acids is 1. The summed E-state index contributed by atoms with van der Waals surface area (Å²) in [7, 11) is -2.43. The number of benzene rings is 2. The van der Waals surface area contributed by atoms with Crippen molar-refractivity contribution in [3.63, 3.8) is 0 Å². The molecule has 6 nitrogen and oxygen atoms in total. The number of hydrogen-bond acceptors (Lipinski definition) is 5. The number of hydrogen-bond donors (Lipinski definition) is 0. The molecule has 9 heteroatoms. The highest BCUT2D eigenvalue weighted by molar-refractivity contribution is 7.89. The molecule has 144 valence electrons. The third kappa shape index (κ3) is 4.06. The van der Waals surface area contributed by atoms with Gasteiger partial charge in [-0.05, 0) is 36.4 Å². The highest BCUT2D eigenvalue weighted by Gasteiger charge is 2.31. The minimum Gasteiger partial charge on any atom is -0.465 e. The van der Waals surface area contributed by atoms with Gasteiger partial charge in [-0.25, -0.2) is 13.2 Å². The lowest BCUT2D eigenvalue weighted by molar-refractivity contribution is 0.0600. The molecule has 0 aromatic heterocycles. The minimum absolute atomic E-state index is 0.0517. The van der Waals surface area contributed by atoms with Gasteiger partial charge in [-0.3, -0.25) is 0 Å². The maximum absolute atomic E-state index is 12.9. The molecule has 1 heterocycles. The standard InChI is InChI=1S/C18H18Cl2N2O4S/c1-26-18(23)13-5-7-14(8-6-13)21-9-11-22(12-10-21)27(24,25)17-15(19)3-2-4-16(17)20/h2-8H,9-12H2,1H3. The van der Waals surface area contributed by atoms with E-state index in [1.165, 1.54) is 23.5 Å². The molecule has 1 aliphatic rings. The van der Waals surface area contributed by atoms with Crippen LogP contribution in [-0.4, -0.2) is 52.0 Å². The van der Waals surface area contributed by atoms with Crippen molar-refractivity contribution in [3.8, 4) is 0 Å². The maximum Gasteiger partial charge on any atom is 0.337 e. The quantitative estimate of drug-likeness (QED) is 0.698. The van der Waals surface area contributed by atoms with Gasteiger partial charge in [-0.15, -0.1) is 0 Å². The second-order valence-electron chi connectivity index (χ2n) is 5.98. The van der Waals surface area contributed by atoms with Crippen molar-refractivity contribution in [1.82, 2.24) is 4.31 Å². The Hall–Kier alpha value is -1.80. The summed E-state index contributed by atoms with van der Waals surface area (Å²) in [4.78, 5) is 13.5. The van der Waals surface area contributed by atoms with Crippen molar-refractivity contribution in [2.24, 2.45) is 0 Å². The van der Waals surface area contributed by atoms with Crippen molar-refractivity contribution < 1.29 is 17.9 Å². The zero-order valence-corrected chi connectivity index (χ0v) is 16.9. The van der Waals surface area contributed by atoms with Gasteiger partial charge in [-0.1, -0.05) is 29.3 Å². The predicted octanol–water partition coefficient (Wildman–Crippen LogP) is 3.29. The number of rotatable bonds is 4. The number of methoxy groups -OCH3 is 1. The molecule has 1 fully saturated rings. The average molecular weight is 429 g/mol. The number of halogens is 2. The number of esters is 1. The summed E-state index contributed by atoms with van der Waals surface area (Å²) in [5, 5.41) is 0.228. The summed E-state index contributed by atoms with van der Waals surface area (Å²) >= 11 is 12.1. The maximum atomic E-state index is 12.9. The Morgan fingerprint density at radius 2 is 1.52 bits per heavy atom. The van der Waals surface area contributed by atoms with Crippen molar-refractivity contribution >= 4 is 44.9 Å². The van der Waals surface area contributed by atoms with Gasteiger partial charge < -0.3 is 9.64 Å². The molecule has 0 saturated carbocycles. The van der Waals surface area contributed by atoms with E-state index in [0.29, 0.717) is 31.7 Å². The Morgan fingerprint density at radius 3 is 2.04 bits per heavy atom. The minimum atomic E-state index is -3.77. The van der Waals surface area contributed by atoms with E-state index in [4.69, 9.17) is 23.2 Å². The van der Waals surface area contributed by atoms with Gasteiger partial charge in [0.25, 0.3) is 0 Å². The molecule has 0 atom stereocenters. The molecule has 0 spiro atoms. The smallest absolute Gasteiger partial charge is 0.337 e. The third-order valence-electron chi connectivity index (χ3n) is 4.41. The molecule has 3 rings (SSSR count). The van der Waals surface area contributed by atoms with E-state index >= 15 is 0 Å². The van der Waals surface area contributed by atoms with Crippen LogP contribution in [0.2, 0.25) is 10.0 Å². The van der Waals surface area contributed by atoms with Gasteiger partial charge in [-0.2, -0.15) is 4.31 Å². The number of anilines is 1. The Kier molecular flexibility index (Phi) is 5.95. The van der Waals surface area contributed by atoms with Crippen LogP contribution in [0.15, 0.2) is 47.4 Å². The number of piperazine rings is 1. The van der Waals surface area contributed by atoms with E-state index in [1.54, 1.807) is 18.2 Å². The second-order valence-corrected chi connectivity index (χ2v) is 8.67. The van der Waals surface area contributed by atoms with E-state index in [-0.39, 0.29) is 14.9 Å². The molecular formula is C18H18Cl2N2O4S. The summed E-state index contributed by atoms with van der Waals surface area (Å²) in [5.74, 6) is -0.394. The van der Waals surface area contributed by atoms with E-state index in [9.17, 15) is 13.2 Å². The molecule has 0 amide bonds. The van der Waals surface area contributed by atoms with Crippen LogP contribution in [0, 0.1) is 0 Å². The van der Waals surface area contributed by atoms with Gasteiger partial charge in [0.15, 0.2) is 0 Å². The Balaban J connectivity index is 1.72. The fourth-order valence-electron chi connectivity index (χ4n) is 2.97. The van der Waals surface area contributed by atoms with Gasteiger partial charge in [0.05, 0.1) is 22.7 Å². The lowest BCUT2D eigenvalue weighted by atomic mass is 10.2. The summed E-state index contributed by atoms with van der Waals surface area (Å²) in [5.41, 5.74) is 1.38. The molecule has 0 aliphatic carbocycles. The Bertz CT molecular complexity index is 920. The van der Waals surface area contributed by atoms with E-state index < -0.39 is 16.0 Å². The van der Waals surface area contributed by atoms with Crippen LogP contribution in [0.4, 0.5) is 5.69 Å². The molecule has 0 unspecified atom stereocenters. The number of ether oxygens (including phenoxy) is 1. The van der Waals surface area contributed by atoms with Crippen molar-refractivity contribution in [3.05, 3.63) is 58.1 Å². The number of nitrogens with zero attached hydrogens (tertiary/aromatic N) is 2. The molecule has 2 aromatic rings. The first-order valence-corrected chi connectivity index (χ1v) is 10.4. The zero-order valence-electron chi connectivity index (χ0n) is 14.6. The Morgan fingerprint density at radius 1 is 0.963 bits per heavy atom. The zero-order chi connectivity index (χ0) is 19.6. The molecule has 0 bridgehead atoms. The SMILES string of the molecule is COC(=O)c1ccc(N2CCN(S(=O)(=O)c3c(Cl)cccc3Cl)CC2)cc1. The van der Waals surface area contributed by atoms with Gasteiger partial charge in [0, 0.05) is 31.9 Å². The second kappa shape index (κ2) is 8.06. The largest absolute Gasteiger partial charge is 0.465 e. The van der Waals surface area contributed by atoms with Gasteiger partial charge in [0.2, 0.25) is 10.0 Å². The van der Waals surface area contributed by atoms with E-state index in [0.717, 1.165) is 5.69 Å². The summed E-state index contributed by atoms with van der Waals surface area (Å²) in [6.45, 7) is 1.64. The number of sulfonamides is 1. The van der Waals surface area contributed by atoms with Crippen LogP contribution in [0.3, 0.4) is 0 Å².